The van der Waals surface area contributed by atoms with Crippen LogP contribution >= 0.6 is 0 Å². The fourth-order valence-electron chi connectivity index (χ4n) is 4.07. The Morgan fingerprint density at radius 3 is 2.96 bits per heavy atom. The van der Waals surface area contributed by atoms with Crippen molar-refractivity contribution in [3.8, 4) is 17.0 Å². The first-order valence-corrected chi connectivity index (χ1v) is 9.45. The highest BCUT2D eigenvalue weighted by molar-refractivity contribution is 5.73. The molecule has 0 unspecified atom stereocenters. The lowest BCUT2D eigenvalue weighted by Gasteiger charge is -2.09. The van der Waals surface area contributed by atoms with Crippen LogP contribution < -0.4 is 9.42 Å². The van der Waals surface area contributed by atoms with Crippen molar-refractivity contribution < 1.29 is 9.42 Å². The van der Waals surface area contributed by atoms with Crippen LogP contribution in [-0.2, 0) is 33.4 Å². The topological polar surface area (TPSA) is 74.0 Å². The summed E-state index contributed by atoms with van der Waals surface area (Å²) in [4.78, 5) is 6.57. The largest absolute Gasteiger partial charge is 0.493 e. The van der Waals surface area contributed by atoms with Gasteiger partial charge in [0.1, 0.15) is 24.9 Å². The van der Waals surface area contributed by atoms with Gasteiger partial charge in [0.2, 0.25) is 11.4 Å². The van der Waals surface area contributed by atoms with E-state index in [2.05, 4.69) is 27.4 Å². The van der Waals surface area contributed by atoms with Crippen LogP contribution in [0.25, 0.3) is 16.9 Å². The van der Waals surface area contributed by atoms with E-state index in [-0.39, 0.29) is 0 Å². The maximum absolute atomic E-state index is 5.69. The molecule has 0 N–H and O–H groups in total. The lowest BCUT2D eigenvalue weighted by Crippen LogP contribution is -2.39. The maximum Gasteiger partial charge on any atom is 0.223 e. The van der Waals surface area contributed by atoms with Gasteiger partial charge in [-0.05, 0) is 22.8 Å². The highest BCUT2D eigenvalue weighted by Crippen LogP contribution is 2.29. The third-order valence-corrected chi connectivity index (χ3v) is 5.52. The van der Waals surface area contributed by atoms with Gasteiger partial charge in [-0.25, -0.2) is 4.98 Å². The molecule has 0 atom stereocenters. The normalized spacial score (nSPS) is 13.1. The Kier molecular flexibility index (Phi) is 3.85. The molecule has 0 saturated heterocycles. The van der Waals surface area contributed by atoms with Crippen molar-refractivity contribution in [2.24, 2.45) is 14.1 Å². The molecule has 3 aromatic heterocycles. The van der Waals surface area contributed by atoms with E-state index in [4.69, 9.17) is 9.72 Å². The predicted molar refractivity (Wildman–Crippen MR) is 102 cm³/mol. The van der Waals surface area contributed by atoms with Crippen LogP contribution in [0.1, 0.15) is 22.6 Å². The summed E-state index contributed by atoms with van der Waals surface area (Å²) in [5.74, 6) is 1.97. The number of nitrogens with zero attached hydrogens (tertiary/aromatic N) is 7. The van der Waals surface area contributed by atoms with Crippen LogP contribution in [0.2, 0.25) is 0 Å². The predicted octanol–water partition coefficient (Wildman–Crippen LogP) is 1.38. The van der Waals surface area contributed by atoms with Crippen molar-refractivity contribution in [1.29, 1.82) is 0 Å². The third kappa shape index (κ3) is 2.56. The highest BCUT2D eigenvalue weighted by Gasteiger charge is 2.24. The second-order valence-electron chi connectivity index (χ2n) is 7.15. The Morgan fingerprint density at radius 1 is 1.25 bits per heavy atom. The average Bonchev–Trinajstić information content (AvgIpc) is 3.41. The van der Waals surface area contributed by atoms with Crippen LogP contribution in [0, 0.1) is 6.92 Å². The van der Waals surface area contributed by atoms with Gasteiger partial charge in [0.05, 0.1) is 19.2 Å². The van der Waals surface area contributed by atoms with Crippen LogP contribution in [0.4, 0.5) is 0 Å². The van der Waals surface area contributed by atoms with Gasteiger partial charge in [-0.15, -0.1) is 10.2 Å². The fraction of sp³-hybridized carbons (Fsp3) is 0.350. The molecule has 0 radical (unpaired) electrons. The molecule has 1 aliphatic heterocycles. The Morgan fingerprint density at radius 2 is 2.14 bits per heavy atom. The first-order valence-electron chi connectivity index (χ1n) is 9.45. The van der Waals surface area contributed by atoms with Gasteiger partial charge in [-0.2, -0.15) is 4.68 Å². The molecule has 0 fully saturated rings. The smallest absolute Gasteiger partial charge is 0.223 e. The van der Waals surface area contributed by atoms with Crippen LogP contribution in [0.15, 0.2) is 30.7 Å². The first kappa shape index (κ1) is 16.9. The number of hydrogen-bond donors (Lipinski definition) is 0. The van der Waals surface area contributed by atoms with Gasteiger partial charge in [0.25, 0.3) is 0 Å². The number of aromatic nitrogens is 7. The second-order valence-corrected chi connectivity index (χ2v) is 7.15. The van der Waals surface area contributed by atoms with Crippen molar-refractivity contribution in [1.82, 2.24) is 29.5 Å². The van der Waals surface area contributed by atoms with E-state index < -0.39 is 0 Å². The summed E-state index contributed by atoms with van der Waals surface area (Å²) in [5.41, 5.74) is 6.33. The summed E-state index contributed by atoms with van der Waals surface area (Å²) in [7, 11) is 3.90. The van der Waals surface area contributed by atoms with Crippen molar-refractivity contribution in [3.05, 3.63) is 53.4 Å². The number of ether oxygens (including phenoxy) is 1. The van der Waals surface area contributed by atoms with Gasteiger partial charge in [-0.1, -0.05) is 12.1 Å². The lowest BCUT2D eigenvalue weighted by molar-refractivity contribution is -0.746. The Labute approximate surface area is 162 Å². The summed E-state index contributed by atoms with van der Waals surface area (Å²) in [5, 5.41) is 13.0. The molecule has 0 saturated carbocycles. The van der Waals surface area contributed by atoms with Crippen LogP contribution in [0.5, 0.6) is 5.75 Å². The van der Waals surface area contributed by atoms with Crippen molar-refractivity contribution in [2.75, 3.05) is 6.61 Å². The first-order chi connectivity index (χ1) is 13.6. The van der Waals surface area contributed by atoms with Crippen LogP contribution in [0.3, 0.4) is 0 Å². The van der Waals surface area contributed by atoms with E-state index in [9.17, 15) is 0 Å². The molecule has 142 valence electrons. The molecular formula is C20H22N7O+. The molecule has 5 rings (SSSR count). The quantitative estimate of drug-likeness (QED) is 0.503. The SMILES string of the molecule is Cc1nn(C)[n+](C)c1-c1cnc(CCc2cccc3c2CCO3)n2cnnc12. The minimum absolute atomic E-state index is 0.774. The van der Waals surface area contributed by atoms with E-state index in [1.807, 2.05) is 47.2 Å². The Bertz CT molecular complexity index is 1190. The highest BCUT2D eigenvalue weighted by atomic mass is 16.5. The molecule has 4 aromatic rings. The molecule has 0 bridgehead atoms. The zero-order chi connectivity index (χ0) is 19.3. The monoisotopic (exact) mass is 376 g/mol. The van der Waals surface area contributed by atoms with E-state index in [0.717, 1.165) is 60.0 Å². The van der Waals surface area contributed by atoms with Crippen molar-refractivity contribution in [3.63, 3.8) is 0 Å². The molecule has 4 heterocycles. The van der Waals surface area contributed by atoms with Crippen molar-refractivity contribution >= 4 is 5.65 Å². The summed E-state index contributed by atoms with van der Waals surface area (Å²) in [6.07, 6.45) is 6.33. The summed E-state index contributed by atoms with van der Waals surface area (Å²) >= 11 is 0. The molecule has 0 spiro atoms. The molecule has 8 nitrogen and oxygen atoms in total. The zero-order valence-corrected chi connectivity index (χ0v) is 16.3. The molecule has 1 aliphatic rings. The van der Waals surface area contributed by atoms with Gasteiger partial charge in [0, 0.05) is 36.6 Å². The minimum atomic E-state index is 0.774. The van der Waals surface area contributed by atoms with Crippen LogP contribution in [-0.4, -0.2) is 36.1 Å². The van der Waals surface area contributed by atoms with Gasteiger partial charge in [-0.3, -0.25) is 4.40 Å². The third-order valence-electron chi connectivity index (χ3n) is 5.52. The van der Waals surface area contributed by atoms with Gasteiger partial charge in [0.15, 0.2) is 5.65 Å². The average molecular weight is 376 g/mol. The van der Waals surface area contributed by atoms with Crippen molar-refractivity contribution in [2.45, 2.75) is 26.2 Å². The molecule has 0 aliphatic carbocycles. The Balaban J connectivity index is 1.51. The molecule has 0 amide bonds. The number of benzene rings is 1. The van der Waals surface area contributed by atoms with E-state index in [0.29, 0.717) is 0 Å². The summed E-state index contributed by atoms with van der Waals surface area (Å²) in [6, 6.07) is 6.30. The summed E-state index contributed by atoms with van der Waals surface area (Å²) < 4.78 is 9.67. The standard InChI is InChI=1S/C20H22N7O/c1-13-19(25(2)26(3)24-13)16-11-21-18(27-12-22-23-20(16)27)8-7-14-5-4-6-17-15(14)9-10-28-17/h4-6,11-12H,7-10H2,1-3H3/q+1. The molecular weight excluding hydrogens is 354 g/mol. The number of hydrogen-bond acceptors (Lipinski definition) is 5. The second kappa shape index (κ2) is 6.40. The number of rotatable bonds is 4. The fourth-order valence-corrected chi connectivity index (χ4v) is 4.07. The molecule has 8 heteroatoms. The lowest BCUT2D eigenvalue weighted by atomic mass is 10.0. The summed E-state index contributed by atoms with van der Waals surface area (Å²) in [6.45, 7) is 2.77. The minimum Gasteiger partial charge on any atom is -0.493 e. The van der Waals surface area contributed by atoms with E-state index in [1.165, 1.54) is 11.1 Å². The molecule has 1 aromatic carbocycles. The zero-order valence-electron chi connectivity index (χ0n) is 16.3. The molecule has 28 heavy (non-hydrogen) atoms. The van der Waals surface area contributed by atoms with Gasteiger partial charge < -0.3 is 4.74 Å². The Hall–Kier alpha value is -3.29. The number of aryl methyl sites for hydroxylation is 4. The van der Waals surface area contributed by atoms with E-state index in [1.54, 1.807) is 6.33 Å². The van der Waals surface area contributed by atoms with E-state index >= 15 is 0 Å². The number of fused-ring (bicyclic) bond motifs is 2. The maximum atomic E-state index is 5.69. The van der Waals surface area contributed by atoms with Gasteiger partial charge >= 0.3 is 0 Å².